The molecule has 3 nitrogen and oxygen atoms in total. The van der Waals surface area contributed by atoms with Crippen LogP contribution in [0.5, 0.6) is 0 Å². The minimum Gasteiger partial charge on any atom is -0.375 e. The van der Waals surface area contributed by atoms with E-state index in [2.05, 4.69) is 0 Å². The van der Waals surface area contributed by atoms with E-state index in [1.165, 1.54) is 6.07 Å². The van der Waals surface area contributed by atoms with Crippen LogP contribution < -0.4 is 5.56 Å². The molecular weight excluding hydrogens is 162 g/mol. The zero-order valence-electron chi connectivity index (χ0n) is 4.37. The van der Waals surface area contributed by atoms with Crippen LogP contribution in [-0.2, 0) is 6.73 Å². The highest BCUT2D eigenvalue weighted by Gasteiger charge is 1.97. The number of halogens is 1. The lowest BCUT2D eigenvalue weighted by atomic mass is 10.7. The van der Waals surface area contributed by atoms with Crippen LogP contribution in [0.4, 0.5) is 0 Å². The van der Waals surface area contributed by atoms with Gasteiger partial charge in [0.15, 0.2) is 0 Å². The summed E-state index contributed by atoms with van der Waals surface area (Å²) in [5.74, 6) is 0. The van der Waals surface area contributed by atoms with E-state index in [-0.39, 0.29) is 12.3 Å². The Balaban J connectivity index is 3.16. The van der Waals surface area contributed by atoms with Gasteiger partial charge in [-0.3, -0.25) is 4.79 Å². The number of nitrogens with zero attached hydrogens (tertiary/aromatic N) is 1. The van der Waals surface area contributed by atoms with Crippen molar-refractivity contribution in [1.82, 2.24) is 3.96 Å². The lowest BCUT2D eigenvalue weighted by Gasteiger charge is -1.86. The third-order valence-corrected chi connectivity index (χ3v) is 1.93. The highest BCUT2D eigenvalue weighted by molar-refractivity contribution is 7.11. The van der Waals surface area contributed by atoms with E-state index in [1.807, 2.05) is 0 Å². The zero-order chi connectivity index (χ0) is 6.85. The fourth-order valence-corrected chi connectivity index (χ4v) is 1.35. The first-order chi connectivity index (χ1) is 4.24. The standard InChI is InChI=1S/C4H4ClNO2S/c5-3-1-4(8)6(2-7)9-3/h1,7H,2H2. The molecule has 0 bridgehead atoms. The summed E-state index contributed by atoms with van der Waals surface area (Å²) in [6.45, 7) is -0.295. The molecule has 0 aliphatic carbocycles. The maximum atomic E-state index is 10.6. The van der Waals surface area contributed by atoms with E-state index < -0.39 is 0 Å². The van der Waals surface area contributed by atoms with Gasteiger partial charge in [0.05, 0.1) is 0 Å². The lowest BCUT2D eigenvalue weighted by molar-refractivity contribution is 0.219. The molecule has 0 aromatic carbocycles. The predicted octanol–water partition coefficient (Wildman–Crippen LogP) is 0.513. The van der Waals surface area contributed by atoms with E-state index in [4.69, 9.17) is 16.7 Å². The van der Waals surface area contributed by atoms with Crippen molar-refractivity contribution in [2.75, 3.05) is 0 Å². The molecule has 0 spiro atoms. The summed E-state index contributed by atoms with van der Waals surface area (Å²) in [7, 11) is 0. The minimum absolute atomic E-state index is 0.257. The number of aliphatic hydroxyl groups is 1. The molecular formula is C4H4ClNO2S. The van der Waals surface area contributed by atoms with Crippen molar-refractivity contribution in [2.45, 2.75) is 6.73 Å². The lowest BCUT2D eigenvalue weighted by Crippen LogP contribution is -2.10. The van der Waals surface area contributed by atoms with Crippen LogP contribution >= 0.6 is 23.1 Å². The van der Waals surface area contributed by atoms with Crippen LogP contribution in [0.3, 0.4) is 0 Å². The van der Waals surface area contributed by atoms with Gasteiger partial charge in [0.2, 0.25) is 0 Å². The smallest absolute Gasteiger partial charge is 0.264 e. The molecule has 0 amide bonds. The summed E-state index contributed by atoms with van der Waals surface area (Å²) in [4.78, 5) is 10.6. The highest BCUT2D eigenvalue weighted by Crippen LogP contribution is 2.10. The Bertz CT molecular complexity index is 253. The summed E-state index contributed by atoms with van der Waals surface area (Å²) in [6.07, 6.45) is 0. The van der Waals surface area contributed by atoms with Crippen molar-refractivity contribution < 1.29 is 5.11 Å². The van der Waals surface area contributed by atoms with Gasteiger partial charge in [-0.1, -0.05) is 11.6 Å². The Morgan fingerprint density at radius 2 is 2.56 bits per heavy atom. The van der Waals surface area contributed by atoms with Crippen LogP contribution in [0.2, 0.25) is 4.34 Å². The molecule has 0 saturated heterocycles. The molecule has 0 aliphatic heterocycles. The Labute approximate surface area is 60.3 Å². The van der Waals surface area contributed by atoms with E-state index in [0.717, 1.165) is 15.5 Å². The van der Waals surface area contributed by atoms with Crippen LogP contribution in [0.15, 0.2) is 10.9 Å². The maximum Gasteiger partial charge on any atom is 0.264 e. The first-order valence-corrected chi connectivity index (χ1v) is 3.36. The normalized spacial score (nSPS) is 10.0. The maximum absolute atomic E-state index is 10.6. The Hall–Kier alpha value is -0.320. The molecule has 1 heterocycles. The first-order valence-electron chi connectivity index (χ1n) is 2.21. The second-order valence-corrected chi connectivity index (χ2v) is 3.09. The molecule has 0 atom stereocenters. The second kappa shape index (κ2) is 2.51. The predicted molar refractivity (Wildman–Crippen MR) is 35.8 cm³/mol. The molecule has 1 rings (SSSR count). The van der Waals surface area contributed by atoms with Gasteiger partial charge < -0.3 is 5.11 Å². The van der Waals surface area contributed by atoms with Gasteiger partial charge in [-0.05, 0) is 11.5 Å². The number of aromatic nitrogens is 1. The fraction of sp³-hybridized carbons (Fsp3) is 0.250. The molecule has 1 N–H and O–H groups in total. The van der Waals surface area contributed by atoms with Gasteiger partial charge in [0, 0.05) is 6.07 Å². The van der Waals surface area contributed by atoms with Gasteiger partial charge in [0.1, 0.15) is 11.1 Å². The van der Waals surface area contributed by atoms with Gasteiger partial charge in [-0.2, -0.15) is 0 Å². The number of aliphatic hydroxyl groups excluding tert-OH is 1. The summed E-state index contributed by atoms with van der Waals surface area (Å²) >= 11 is 6.46. The molecule has 5 heteroatoms. The summed E-state index contributed by atoms with van der Waals surface area (Å²) in [5, 5.41) is 8.45. The van der Waals surface area contributed by atoms with Crippen molar-refractivity contribution >= 4 is 23.1 Å². The van der Waals surface area contributed by atoms with Crippen molar-refractivity contribution in [3.63, 3.8) is 0 Å². The van der Waals surface area contributed by atoms with Crippen molar-refractivity contribution in [3.05, 3.63) is 20.8 Å². The highest BCUT2D eigenvalue weighted by atomic mass is 35.5. The average molecular weight is 166 g/mol. The molecule has 0 saturated carbocycles. The fourth-order valence-electron chi connectivity index (χ4n) is 0.444. The summed E-state index contributed by atoms with van der Waals surface area (Å²) in [5.41, 5.74) is -0.257. The molecule has 0 radical (unpaired) electrons. The topological polar surface area (TPSA) is 42.2 Å². The van der Waals surface area contributed by atoms with Crippen LogP contribution in [0, 0.1) is 0 Å². The van der Waals surface area contributed by atoms with Crippen LogP contribution in [0.1, 0.15) is 0 Å². The Morgan fingerprint density at radius 1 is 1.89 bits per heavy atom. The second-order valence-electron chi connectivity index (χ2n) is 1.40. The first kappa shape index (κ1) is 6.80. The average Bonchev–Trinajstić information content (AvgIpc) is 2.10. The van der Waals surface area contributed by atoms with Gasteiger partial charge in [-0.25, -0.2) is 3.96 Å². The molecule has 0 fully saturated rings. The molecule has 1 aromatic rings. The number of hydrogen-bond acceptors (Lipinski definition) is 3. The molecule has 9 heavy (non-hydrogen) atoms. The Morgan fingerprint density at radius 3 is 2.78 bits per heavy atom. The summed E-state index contributed by atoms with van der Waals surface area (Å²) < 4.78 is 1.55. The van der Waals surface area contributed by atoms with Crippen molar-refractivity contribution in [1.29, 1.82) is 0 Å². The van der Waals surface area contributed by atoms with Gasteiger partial charge >= 0.3 is 0 Å². The molecule has 0 unspecified atom stereocenters. The van der Waals surface area contributed by atoms with Crippen molar-refractivity contribution in [2.24, 2.45) is 0 Å². The quantitative estimate of drug-likeness (QED) is 0.659. The van der Waals surface area contributed by atoms with E-state index in [0.29, 0.717) is 4.34 Å². The minimum atomic E-state index is -0.295. The van der Waals surface area contributed by atoms with Gasteiger partial charge in [-0.15, -0.1) is 0 Å². The number of rotatable bonds is 1. The van der Waals surface area contributed by atoms with Crippen LogP contribution in [-0.4, -0.2) is 9.06 Å². The van der Waals surface area contributed by atoms with Crippen LogP contribution in [0.25, 0.3) is 0 Å². The van der Waals surface area contributed by atoms with Crippen molar-refractivity contribution in [3.8, 4) is 0 Å². The third-order valence-electron chi connectivity index (χ3n) is 0.809. The SMILES string of the molecule is O=c1cc(Cl)sn1CO. The van der Waals surface area contributed by atoms with E-state index >= 15 is 0 Å². The Kier molecular flexibility index (Phi) is 1.90. The van der Waals surface area contributed by atoms with E-state index in [1.54, 1.807) is 0 Å². The van der Waals surface area contributed by atoms with Gasteiger partial charge in [0.25, 0.3) is 5.56 Å². The number of hydrogen-bond donors (Lipinski definition) is 1. The zero-order valence-corrected chi connectivity index (χ0v) is 5.95. The summed E-state index contributed by atoms with van der Waals surface area (Å²) in [6, 6.07) is 1.27. The third kappa shape index (κ3) is 1.32. The molecule has 0 aliphatic rings. The van der Waals surface area contributed by atoms with E-state index in [9.17, 15) is 4.79 Å². The monoisotopic (exact) mass is 165 g/mol. The molecule has 50 valence electrons. The largest absolute Gasteiger partial charge is 0.375 e. The molecule has 1 aromatic heterocycles.